The summed E-state index contributed by atoms with van der Waals surface area (Å²) >= 11 is 0. The van der Waals surface area contributed by atoms with Gasteiger partial charge in [-0.15, -0.1) is 0 Å². The van der Waals surface area contributed by atoms with E-state index in [1.807, 2.05) is 6.92 Å². The number of carbonyl (C=O) groups is 1. The molecule has 2 rings (SSSR count). The molecule has 2 N–H and O–H groups in total. The topological polar surface area (TPSA) is 55.8 Å². The molecule has 2 amide bonds. The first kappa shape index (κ1) is 15.6. The second kappa shape index (κ2) is 7.31. The van der Waals surface area contributed by atoms with E-state index < -0.39 is 0 Å². The van der Waals surface area contributed by atoms with Crippen LogP contribution in [0, 0.1) is 0 Å². The highest BCUT2D eigenvalue weighted by atomic mass is 16.3. The Morgan fingerprint density at radius 2 is 2.24 bits per heavy atom. The summed E-state index contributed by atoms with van der Waals surface area (Å²) in [6, 6.07) is 8.59. The fourth-order valence-electron chi connectivity index (χ4n) is 2.80. The van der Waals surface area contributed by atoms with Crippen molar-refractivity contribution in [2.45, 2.75) is 26.3 Å². The van der Waals surface area contributed by atoms with Crippen LogP contribution in [0.4, 0.5) is 10.5 Å². The summed E-state index contributed by atoms with van der Waals surface area (Å²) in [5.74, 6) is 0. The predicted octanol–water partition coefficient (Wildman–Crippen LogP) is 1.46. The highest BCUT2D eigenvalue weighted by Crippen LogP contribution is 2.28. The number of anilines is 1. The Labute approximate surface area is 126 Å². The van der Waals surface area contributed by atoms with Crippen LogP contribution in [0.15, 0.2) is 24.3 Å². The number of fused-ring (bicyclic) bond motifs is 1. The molecule has 1 aromatic carbocycles. The van der Waals surface area contributed by atoms with Gasteiger partial charge in [0.2, 0.25) is 0 Å². The molecule has 1 aromatic rings. The number of nitrogens with zero attached hydrogens (tertiary/aromatic N) is 2. The Morgan fingerprint density at radius 3 is 2.95 bits per heavy atom. The van der Waals surface area contributed by atoms with Gasteiger partial charge in [0.25, 0.3) is 0 Å². The van der Waals surface area contributed by atoms with Crippen LogP contribution < -0.4 is 10.2 Å². The number of nitrogens with one attached hydrogen (secondary N) is 1. The molecule has 0 spiro atoms. The van der Waals surface area contributed by atoms with Crippen LogP contribution in [-0.2, 0) is 6.42 Å². The molecular formula is C16H25N3O2. The number of carbonyl (C=O) groups excluding carboxylic acids is 1. The number of para-hydroxylation sites is 1. The van der Waals surface area contributed by atoms with Gasteiger partial charge in [0.05, 0.1) is 6.61 Å². The van der Waals surface area contributed by atoms with E-state index in [0.29, 0.717) is 19.6 Å². The van der Waals surface area contributed by atoms with Crippen LogP contribution in [-0.4, -0.2) is 54.9 Å². The van der Waals surface area contributed by atoms with E-state index in [1.165, 1.54) is 11.3 Å². The molecule has 1 unspecified atom stereocenters. The first-order valence-corrected chi connectivity index (χ1v) is 7.65. The van der Waals surface area contributed by atoms with Gasteiger partial charge in [-0.1, -0.05) is 18.2 Å². The number of aliphatic hydroxyl groups excluding tert-OH is 1. The number of aliphatic hydroxyl groups is 1. The molecule has 0 radical (unpaired) electrons. The number of likely N-dealkylation sites (N-methyl/N-ethyl adjacent to an activating group) is 1. The molecule has 21 heavy (non-hydrogen) atoms. The van der Waals surface area contributed by atoms with Gasteiger partial charge in [0, 0.05) is 37.9 Å². The minimum absolute atomic E-state index is 0.00366. The van der Waals surface area contributed by atoms with Crippen molar-refractivity contribution in [1.82, 2.24) is 10.2 Å². The number of rotatable bonds is 6. The van der Waals surface area contributed by atoms with Crippen molar-refractivity contribution in [2.24, 2.45) is 0 Å². The second-order valence-electron chi connectivity index (χ2n) is 5.41. The lowest BCUT2D eigenvalue weighted by atomic mass is 10.2. The molecule has 5 nitrogen and oxygen atoms in total. The molecule has 1 atom stereocenters. The average Bonchev–Trinajstić information content (AvgIpc) is 2.94. The van der Waals surface area contributed by atoms with Gasteiger partial charge < -0.3 is 20.2 Å². The van der Waals surface area contributed by atoms with E-state index in [1.54, 1.807) is 4.90 Å². The van der Waals surface area contributed by atoms with Crippen molar-refractivity contribution in [3.05, 3.63) is 29.8 Å². The normalized spacial score (nSPS) is 14.7. The zero-order chi connectivity index (χ0) is 15.2. The van der Waals surface area contributed by atoms with Gasteiger partial charge >= 0.3 is 6.03 Å². The summed E-state index contributed by atoms with van der Waals surface area (Å²) in [4.78, 5) is 16.0. The lowest BCUT2D eigenvalue weighted by Gasteiger charge is -2.29. The van der Waals surface area contributed by atoms with Crippen LogP contribution in [0.25, 0.3) is 0 Å². The van der Waals surface area contributed by atoms with E-state index in [0.717, 1.165) is 13.0 Å². The quantitative estimate of drug-likeness (QED) is 0.834. The largest absolute Gasteiger partial charge is 0.395 e. The van der Waals surface area contributed by atoms with E-state index in [9.17, 15) is 4.79 Å². The van der Waals surface area contributed by atoms with Gasteiger partial charge in [-0.05, 0) is 31.9 Å². The van der Waals surface area contributed by atoms with Crippen molar-refractivity contribution in [3.8, 4) is 0 Å². The molecule has 1 heterocycles. The molecule has 0 saturated carbocycles. The highest BCUT2D eigenvalue weighted by molar-refractivity contribution is 5.74. The average molecular weight is 291 g/mol. The number of hydrogen-bond acceptors (Lipinski definition) is 3. The van der Waals surface area contributed by atoms with Crippen LogP contribution in [0.3, 0.4) is 0 Å². The summed E-state index contributed by atoms with van der Waals surface area (Å²) in [5.41, 5.74) is 2.66. The van der Waals surface area contributed by atoms with Gasteiger partial charge in [-0.25, -0.2) is 4.79 Å². The molecule has 1 aliphatic heterocycles. The standard InChI is InChI=1S/C16H25N3O2/c1-3-18(10-11-20)16(21)17-12-13(2)19-9-8-14-6-4-5-7-15(14)19/h4-7,13,20H,3,8-12H2,1-2H3,(H,17,21). The van der Waals surface area contributed by atoms with Crippen molar-refractivity contribution in [3.63, 3.8) is 0 Å². The fourth-order valence-corrected chi connectivity index (χ4v) is 2.80. The Bertz CT molecular complexity index is 478. The van der Waals surface area contributed by atoms with Gasteiger partial charge in [-0.2, -0.15) is 0 Å². The van der Waals surface area contributed by atoms with Gasteiger partial charge in [0.15, 0.2) is 0 Å². The lowest BCUT2D eigenvalue weighted by Crippen LogP contribution is -2.47. The minimum Gasteiger partial charge on any atom is -0.395 e. The minimum atomic E-state index is -0.106. The monoisotopic (exact) mass is 291 g/mol. The van der Waals surface area contributed by atoms with Crippen molar-refractivity contribution < 1.29 is 9.90 Å². The summed E-state index contributed by atoms with van der Waals surface area (Å²) in [6.45, 7) is 6.63. The third kappa shape index (κ3) is 3.67. The molecule has 0 saturated heterocycles. The number of hydrogen-bond donors (Lipinski definition) is 2. The van der Waals surface area contributed by atoms with Gasteiger partial charge in [-0.3, -0.25) is 0 Å². The van der Waals surface area contributed by atoms with E-state index in [-0.39, 0.29) is 18.7 Å². The zero-order valence-electron chi connectivity index (χ0n) is 12.9. The predicted molar refractivity (Wildman–Crippen MR) is 84.7 cm³/mol. The maximum Gasteiger partial charge on any atom is 0.317 e. The summed E-state index contributed by atoms with van der Waals surface area (Å²) < 4.78 is 0. The number of amides is 2. The molecule has 0 bridgehead atoms. The third-order valence-corrected chi connectivity index (χ3v) is 4.04. The smallest absolute Gasteiger partial charge is 0.317 e. The van der Waals surface area contributed by atoms with Crippen LogP contribution >= 0.6 is 0 Å². The van der Waals surface area contributed by atoms with E-state index >= 15 is 0 Å². The maximum absolute atomic E-state index is 12.0. The van der Waals surface area contributed by atoms with Crippen molar-refractivity contribution in [2.75, 3.05) is 37.7 Å². The lowest BCUT2D eigenvalue weighted by molar-refractivity contribution is 0.180. The summed E-state index contributed by atoms with van der Waals surface area (Å²) in [6.07, 6.45) is 1.07. The Morgan fingerprint density at radius 1 is 1.48 bits per heavy atom. The molecule has 0 aliphatic carbocycles. The summed E-state index contributed by atoms with van der Waals surface area (Å²) in [7, 11) is 0. The molecule has 116 valence electrons. The third-order valence-electron chi connectivity index (χ3n) is 4.04. The maximum atomic E-state index is 12.0. The molecule has 5 heteroatoms. The molecular weight excluding hydrogens is 266 g/mol. The zero-order valence-corrected chi connectivity index (χ0v) is 12.9. The number of benzene rings is 1. The van der Waals surface area contributed by atoms with E-state index in [2.05, 4.69) is 41.4 Å². The molecule has 0 aromatic heterocycles. The number of urea groups is 1. The first-order valence-electron chi connectivity index (χ1n) is 7.65. The van der Waals surface area contributed by atoms with Gasteiger partial charge in [0.1, 0.15) is 0 Å². The van der Waals surface area contributed by atoms with Crippen LogP contribution in [0.5, 0.6) is 0 Å². The van der Waals surface area contributed by atoms with Crippen molar-refractivity contribution in [1.29, 1.82) is 0 Å². The summed E-state index contributed by atoms with van der Waals surface area (Å²) in [5, 5.41) is 11.9. The van der Waals surface area contributed by atoms with Crippen LogP contribution in [0.1, 0.15) is 19.4 Å². The SMILES string of the molecule is CCN(CCO)C(=O)NCC(C)N1CCc2ccccc21. The van der Waals surface area contributed by atoms with Crippen LogP contribution in [0.2, 0.25) is 0 Å². The molecule has 0 fully saturated rings. The van der Waals surface area contributed by atoms with Crippen molar-refractivity contribution >= 4 is 11.7 Å². The molecule has 1 aliphatic rings. The second-order valence-corrected chi connectivity index (χ2v) is 5.41. The Balaban J connectivity index is 1.88. The fraction of sp³-hybridized carbons (Fsp3) is 0.562. The van der Waals surface area contributed by atoms with E-state index in [4.69, 9.17) is 5.11 Å². The Hall–Kier alpha value is -1.75. The Kier molecular flexibility index (Phi) is 5.44. The first-order chi connectivity index (χ1) is 10.2. The highest BCUT2D eigenvalue weighted by Gasteiger charge is 2.23.